The molecule has 0 spiro atoms. The van der Waals surface area contributed by atoms with Gasteiger partial charge >= 0.3 is 11.9 Å². The van der Waals surface area contributed by atoms with Crippen LogP contribution in [0.3, 0.4) is 0 Å². The van der Waals surface area contributed by atoms with E-state index < -0.39 is 76.1 Å². The van der Waals surface area contributed by atoms with Crippen LogP contribution in [0, 0.1) is 0 Å². The fraction of sp³-hybridized carbons (Fsp3) is 0.154. The van der Waals surface area contributed by atoms with Gasteiger partial charge in [0.2, 0.25) is 11.5 Å². The number of pyridine rings is 1. The monoisotopic (exact) mass is 338 g/mol. The number of aromatic hydroxyl groups is 2. The topological polar surface area (TPSA) is 194 Å². The molecule has 0 saturated carbocycles. The second-order valence-corrected chi connectivity index (χ2v) is 4.78. The van der Waals surface area contributed by atoms with Crippen molar-refractivity contribution in [1.29, 1.82) is 0 Å². The Hall–Kier alpha value is -3.63. The van der Waals surface area contributed by atoms with Gasteiger partial charge in [-0.1, -0.05) is 0 Å². The number of aliphatic carboxylic acids is 2. The van der Waals surface area contributed by atoms with E-state index >= 15 is 0 Å². The molecule has 11 heteroatoms. The van der Waals surface area contributed by atoms with Crippen LogP contribution in [0.4, 0.5) is 0 Å². The maximum absolute atomic E-state index is 11.8. The van der Waals surface area contributed by atoms with E-state index in [4.69, 9.17) is 10.2 Å². The molecule has 2 heterocycles. The smallest absolute Gasteiger partial charge is 0.309 e. The second kappa shape index (κ2) is 5.87. The van der Waals surface area contributed by atoms with Crippen molar-refractivity contribution < 1.29 is 39.6 Å². The number of hydrogen-bond donors (Lipinski definition) is 6. The standard InChI is InChI=1S/C13H10N2O9/c16-5(17)1-3-8(15-12(23)9(3)20)7-4(2-6(18)19)14-13(24)11(22)10(7)21/h22H,1-2H2,(H,16,17)(H,18,19)(H2,14,21,24)(H,15,20,23). The number of carbonyl (C=O) groups excluding carboxylic acids is 2. The van der Waals surface area contributed by atoms with Crippen LogP contribution in [-0.4, -0.2) is 49.0 Å². The van der Waals surface area contributed by atoms with E-state index in [0.717, 1.165) is 0 Å². The van der Waals surface area contributed by atoms with Crippen molar-refractivity contribution in [3.63, 3.8) is 0 Å². The zero-order valence-electron chi connectivity index (χ0n) is 11.7. The van der Waals surface area contributed by atoms with Crippen molar-refractivity contribution in [1.82, 2.24) is 10.3 Å². The predicted octanol–water partition coefficient (Wildman–Crippen LogP) is -1.70. The van der Waals surface area contributed by atoms with Crippen LogP contribution in [-0.2, 0) is 25.6 Å². The number of Topliss-reactive ketones (excluding diaryl/α,β-unsaturated/α-hetero) is 1. The summed E-state index contributed by atoms with van der Waals surface area (Å²) in [6.45, 7) is 0. The summed E-state index contributed by atoms with van der Waals surface area (Å²) in [5.74, 6) is -7.50. The van der Waals surface area contributed by atoms with Crippen LogP contribution in [0.2, 0.25) is 0 Å². The first-order valence-electron chi connectivity index (χ1n) is 6.33. The molecular weight excluding hydrogens is 328 g/mol. The van der Waals surface area contributed by atoms with Crippen LogP contribution in [0.15, 0.2) is 10.4 Å². The molecule has 0 fully saturated rings. The first-order valence-corrected chi connectivity index (χ1v) is 6.33. The zero-order valence-corrected chi connectivity index (χ0v) is 11.7. The molecule has 1 aromatic heterocycles. The third-order valence-corrected chi connectivity index (χ3v) is 3.17. The molecule has 0 radical (unpaired) electrons. The Balaban J connectivity index is 2.79. The first kappa shape index (κ1) is 16.7. The van der Waals surface area contributed by atoms with Gasteiger partial charge in [0, 0.05) is 11.3 Å². The van der Waals surface area contributed by atoms with Gasteiger partial charge in [-0.25, -0.2) is 0 Å². The summed E-state index contributed by atoms with van der Waals surface area (Å²) in [4.78, 5) is 58.5. The summed E-state index contributed by atoms with van der Waals surface area (Å²) in [7, 11) is 0. The molecule has 0 aromatic carbocycles. The van der Waals surface area contributed by atoms with Crippen molar-refractivity contribution in [2.45, 2.75) is 12.8 Å². The van der Waals surface area contributed by atoms with Crippen molar-refractivity contribution in [2.75, 3.05) is 0 Å². The summed E-state index contributed by atoms with van der Waals surface area (Å²) in [5.41, 5.74) is -3.17. The Bertz CT molecular complexity index is 878. The highest BCUT2D eigenvalue weighted by Gasteiger charge is 2.36. The van der Waals surface area contributed by atoms with Gasteiger partial charge < -0.3 is 30.7 Å². The van der Waals surface area contributed by atoms with Crippen molar-refractivity contribution in [2.24, 2.45) is 0 Å². The number of carboxylic acids is 2. The van der Waals surface area contributed by atoms with E-state index in [-0.39, 0.29) is 0 Å². The number of aromatic nitrogens is 1. The van der Waals surface area contributed by atoms with E-state index in [0.29, 0.717) is 0 Å². The minimum atomic E-state index is -1.46. The van der Waals surface area contributed by atoms with E-state index in [2.05, 4.69) is 0 Å². The van der Waals surface area contributed by atoms with Crippen molar-refractivity contribution >= 4 is 29.3 Å². The van der Waals surface area contributed by atoms with E-state index in [1.54, 1.807) is 0 Å². The summed E-state index contributed by atoms with van der Waals surface area (Å²) in [5, 5.41) is 39.2. The average Bonchev–Trinajstić information content (AvgIpc) is 2.72. The first-order chi connectivity index (χ1) is 11.1. The van der Waals surface area contributed by atoms with Crippen LogP contribution < -0.4 is 10.9 Å². The van der Waals surface area contributed by atoms with E-state index in [1.165, 1.54) is 0 Å². The van der Waals surface area contributed by atoms with Gasteiger partial charge in [-0.05, 0) is 0 Å². The fourth-order valence-electron chi connectivity index (χ4n) is 2.21. The number of H-pyrrole nitrogens is 1. The quantitative estimate of drug-likeness (QED) is 0.339. The summed E-state index contributed by atoms with van der Waals surface area (Å²) in [6, 6.07) is 0. The summed E-state index contributed by atoms with van der Waals surface area (Å²) < 4.78 is 0. The Kier molecular flexibility index (Phi) is 4.09. The minimum Gasteiger partial charge on any atom is -0.504 e. The molecule has 0 aliphatic carbocycles. The molecule has 126 valence electrons. The number of carboxylic acid groups (broad SMARTS) is 2. The van der Waals surface area contributed by atoms with Gasteiger partial charge in [0.1, 0.15) is 0 Å². The molecule has 11 nitrogen and oxygen atoms in total. The summed E-state index contributed by atoms with van der Waals surface area (Å²) >= 11 is 0. The third-order valence-electron chi connectivity index (χ3n) is 3.17. The Labute approximate surface area is 131 Å². The molecular formula is C13H10N2O9. The van der Waals surface area contributed by atoms with Gasteiger partial charge in [0.25, 0.3) is 11.5 Å². The normalized spacial score (nSPS) is 14.0. The van der Waals surface area contributed by atoms with Gasteiger partial charge in [-0.15, -0.1) is 0 Å². The van der Waals surface area contributed by atoms with Gasteiger partial charge in [0.05, 0.1) is 24.1 Å². The number of ketones is 1. The fourth-order valence-corrected chi connectivity index (χ4v) is 2.21. The number of nitrogens with one attached hydrogen (secondary N) is 2. The van der Waals surface area contributed by atoms with Crippen molar-refractivity contribution in [3.8, 4) is 11.5 Å². The Morgan fingerprint density at radius 3 is 2.04 bits per heavy atom. The van der Waals surface area contributed by atoms with Crippen LogP contribution in [0.25, 0.3) is 5.70 Å². The Morgan fingerprint density at radius 2 is 1.50 bits per heavy atom. The maximum Gasteiger partial charge on any atom is 0.309 e. The van der Waals surface area contributed by atoms with Crippen LogP contribution >= 0.6 is 0 Å². The SMILES string of the molecule is O=C(O)CC1=C(c2c(CC(=O)O)[nH]c(=O)c(O)c2O)NC(=O)C1=O. The maximum atomic E-state index is 11.8. The molecule has 0 saturated heterocycles. The lowest BCUT2D eigenvalue weighted by molar-refractivity contribution is -0.138. The number of hydrogen-bond acceptors (Lipinski definition) is 7. The lowest BCUT2D eigenvalue weighted by Crippen LogP contribution is -2.22. The molecule has 1 aliphatic rings. The number of carbonyl (C=O) groups is 4. The third kappa shape index (κ3) is 2.82. The molecule has 24 heavy (non-hydrogen) atoms. The molecule has 6 N–H and O–H groups in total. The number of rotatable bonds is 5. The average molecular weight is 338 g/mol. The van der Waals surface area contributed by atoms with E-state index in [9.17, 15) is 34.2 Å². The highest BCUT2D eigenvalue weighted by molar-refractivity contribution is 6.49. The molecule has 0 bridgehead atoms. The minimum absolute atomic E-state index is 0.421. The lowest BCUT2D eigenvalue weighted by Gasteiger charge is -2.13. The lowest BCUT2D eigenvalue weighted by atomic mass is 10.00. The highest BCUT2D eigenvalue weighted by atomic mass is 16.4. The molecule has 0 unspecified atom stereocenters. The number of amides is 1. The predicted molar refractivity (Wildman–Crippen MR) is 74.1 cm³/mol. The van der Waals surface area contributed by atoms with Gasteiger partial charge in [0.15, 0.2) is 5.75 Å². The summed E-state index contributed by atoms with van der Waals surface area (Å²) in [6.07, 6.45) is -1.72. The van der Waals surface area contributed by atoms with E-state index in [1.807, 2.05) is 10.3 Å². The number of aromatic amines is 1. The molecule has 1 aromatic rings. The Morgan fingerprint density at radius 1 is 0.917 bits per heavy atom. The van der Waals surface area contributed by atoms with Crippen molar-refractivity contribution in [3.05, 3.63) is 27.2 Å². The molecule has 1 aliphatic heterocycles. The van der Waals surface area contributed by atoms with Gasteiger partial charge in [-0.2, -0.15) is 0 Å². The van der Waals surface area contributed by atoms with Crippen LogP contribution in [0.1, 0.15) is 17.7 Å². The van der Waals surface area contributed by atoms with Gasteiger partial charge in [-0.3, -0.25) is 24.0 Å². The van der Waals surface area contributed by atoms with Crippen LogP contribution in [0.5, 0.6) is 11.5 Å². The second-order valence-electron chi connectivity index (χ2n) is 4.78. The molecule has 0 atom stereocenters. The largest absolute Gasteiger partial charge is 0.504 e. The molecule has 2 rings (SSSR count). The highest BCUT2D eigenvalue weighted by Crippen LogP contribution is 2.36. The molecule has 1 amide bonds. The zero-order chi connectivity index (χ0) is 18.2.